The molecule has 0 N–H and O–H groups in total. The summed E-state index contributed by atoms with van der Waals surface area (Å²) in [7, 11) is 0. The summed E-state index contributed by atoms with van der Waals surface area (Å²) in [5, 5.41) is 0. The quantitative estimate of drug-likeness (QED) is 0.526. The second-order valence-corrected chi connectivity index (χ2v) is 3.84. The molecule has 1 aliphatic carbocycles. The van der Waals surface area contributed by atoms with E-state index in [2.05, 4.69) is 20.8 Å². The molecule has 11 heavy (non-hydrogen) atoms. The first kappa shape index (κ1) is 8.83. The van der Waals surface area contributed by atoms with Crippen molar-refractivity contribution >= 4 is 0 Å². The zero-order chi connectivity index (χ0) is 8.27. The Morgan fingerprint density at radius 1 is 1.18 bits per heavy atom. The first-order valence-electron chi connectivity index (χ1n) is 4.96. The van der Waals surface area contributed by atoms with Crippen LogP contribution in [0.1, 0.15) is 52.9 Å². The summed E-state index contributed by atoms with van der Waals surface area (Å²) in [6, 6.07) is 0. The van der Waals surface area contributed by atoms with Crippen molar-refractivity contribution in [3.05, 3.63) is 11.1 Å². The van der Waals surface area contributed by atoms with Crippen LogP contribution in [0.3, 0.4) is 0 Å². The van der Waals surface area contributed by atoms with Gasteiger partial charge >= 0.3 is 0 Å². The molecule has 0 aromatic carbocycles. The van der Waals surface area contributed by atoms with Gasteiger partial charge in [-0.15, -0.1) is 0 Å². The first-order chi connectivity index (χ1) is 5.25. The van der Waals surface area contributed by atoms with Crippen molar-refractivity contribution in [2.24, 2.45) is 5.92 Å². The smallest absolute Gasteiger partial charge is 0.0257 e. The van der Waals surface area contributed by atoms with Gasteiger partial charge < -0.3 is 0 Å². The third-order valence-electron chi connectivity index (χ3n) is 2.75. The van der Waals surface area contributed by atoms with Crippen molar-refractivity contribution in [2.45, 2.75) is 52.9 Å². The van der Waals surface area contributed by atoms with Crippen molar-refractivity contribution in [1.29, 1.82) is 0 Å². The van der Waals surface area contributed by atoms with E-state index in [1.165, 1.54) is 32.1 Å². The minimum absolute atomic E-state index is 0.797. The molecule has 0 spiro atoms. The molecular weight excluding hydrogens is 132 g/mol. The van der Waals surface area contributed by atoms with Crippen LogP contribution in [0, 0.1) is 5.92 Å². The van der Waals surface area contributed by atoms with Crippen LogP contribution in [-0.2, 0) is 0 Å². The van der Waals surface area contributed by atoms with Crippen LogP contribution in [0.4, 0.5) is 0 Å². The molecule has 0 heteroatoms. The molecule has 0 bridgehead atoms. The second kappa shape index (κ2) is 3.94. The highest BCUT2D eigenvalue weighted by Crippen LogP contribution is 2.31. The molecule has 0 saturated heterocycles. The summed E-state index contributed by atoms with van der Waals surface area (Å²) in [6.07, 6.45) is 6.90. The Hall–Kier alpha value is -0.260. The summed E-state index contributed by atoms with van der Waals surface area (Å²) in [4.78, 5) is 0. The molecule has 0 radical (unpaired) electrons. The summed E-state index contributed by atoms with van der Waals surface area (Å²) < 4.78 is 0. The minimum Gasteiger partial charge on any atom is -0.0710 e. The Kier molecular flexibility index (Phi) is 3.16. The fourth-order valence-corrected chi connectivity index (χ4v) is 2.09. The van der Waals surface area contributed by atoms with Crippen molar-refractivity contribution in [3.63, 3.8) is 0 Å². The van der Waals surface area contributed by atoms with E-state index in [0.29, 0.717) is 0 Å². The molecule has 0 heterocycles. The molecule has 0 amide bonds. The average Bonchev–Trinajstić information content (AvgIpc) is 2.04. The van der Waals surface area contributed by atoms with Gasteiger partial charge in [0.2, 0.25) is 0 Å². The molecule has 0 saturated carbocycles. The molecule has 0 unspecified atom stereocenters. The molecule has 0 nitrogen and oxygen atoms in total. The van der Waals surface area contributed by atoms with Crippen LogP contribution < -0.4 is 0 Å². The Morgan fingerprint density at radius 3 is 2.27 bits per heavy atom. The van der Waals surface area contributed by atoms with E-state index in [4.69, 9.17) is 0 Å². The first-order valence-corrected chi connectivity index (χ1v) is 4.96. The predicted molar refractivity (Wildman–Crippen MR) is 50.6 cm³/mol. The zero-order valence-corrected chi connectivity index (χ0v) is 8.11. The van der Waals surface area contributed by atoms with Gasteiger partial charge in [0, 0.05) is 0 Å². The van der Waals surface area contributed by atoms with Gasteiger partial charge in [-0.3, -0.25) is 0 Å². The van der Waals surface area contributed by atoms with Gasteiger partial charge in [0.05, 0.1) is 0 Å². The third-order valence-corrected chi connectivity index (χ3v) is 2.75. The zero-order valence-electron chi connectivity index (χ0n) is 8.11. The van der Waals surface area contributed by atoms with Gasteiger partial charge in [0.25, 0.3) is 0 Å². The normalized spacial score (nSPS) is 19.6. The maximum absolute atomic E-state index is 2.33. The average molecular weight is 152 g/mol. The number of hydrogen-bond donors (Lipinski definition) is 0. The summed E-state index contributed by atoms with van der Waals surface area (Å²) in [5.74, 6) is 0.797. The predicted octanol–water partition coefficient (Wildman–Crippen LogP) is 3.92. The molecule has 1 aliphatic rings. The van der Waals surface area contributed by atoms with Gasteiger partial charge in [0.15, 0.2) is 0 Å². The fourth-order valence-electron chi connectivity index (χ4n) is 2.09. The maximum Gasteiger partial charge on any atom is -0.0257 e. The maximum atomic E-state index is 2.33. The van der Waals surface area contributed by atoms with E-state index in [1.807, 2.05) is 0 Å². The minimum atomic E-state index is 0.797. The van der Waals surface area contributed by atoms with Gasteiger partial charge in [0.1, 0.15) is 0 Å². The molecule has 0 aromatic rings. The topological polar surface area (TPSA) is 0 Å². The van der Waals surface area contributed by atoms with Crippen LogP contribution in [0.15, 0.2) is 11.1 Å². The summed E-state index contributed by atoms with van der Waals surface area (Å²) in [6.45, 7) is 6.95. The molecule has 0 aromatic heterocycles. The van der Waals surface area contributed by atoms with E-state index in [0.717, 1.165) is 5.92 Å². The molecule has 64 valence electrons. The molecule has 0 aliphatic heterocycles. The Balaban J connectivity index is 2.73. The molecule has 1 rings (SSSR count). The van der Waals surface area contributed by atoms with Crippen LogP contribution >= 0.6 is 0 Å². The van der Waals surface area contributed by atoms with E-state index >= 15 is 0 Å². The lowest BCUT2D eigenvalue weighted by Gasteiger charge is -2.22. The number of hydrogen-bond acceptors (Lipinski definition) is 0. The summed E-state index contributed by atoms with van der Waals surface area (Å²) in [5.41, 5.74) is 3.52. The Labute approximate surface area is 70.7 Å². The monoisotopic (exact) mass is 152 g/mol. The molecule has 0 fully saturated rings. The van der Waals surface area contributed by atoms with E-state index in [-0.39, 0.29) is 0 Å². The van der Waals surface area contributed by atoms with Crippen molar-refractivity contribution < 1.29 is 0 Å². The highest BCUT2D eigenvalue weighted by molar-refractivity contribution is 5.18. The van der Waals surface area contributed by atoms with Gasteiger partial charge in [-0.1, -0.05) is 31.9 Å². The highest BCUT2D eigenvalue weighted by atomic mass is 14.2. The lowest BCUT2D eigenvalue weighted by Crippen LogP contribution is -2.04. The Morgan fingerprint density at radius 2 is 1.82 bits per heavy atom. The lowest BCUT2D eigenvalue weighted by atomic mass is 9.84. The third kappa shape index (κ3) is 2.08. The van der Waals surface area contributed by atoms with Crippen molar-refractivity contribution in [3.8, 4) is 0 Å². The van der Waals surface area contributed by atoms with Gasteiger partial charge in [-0.25, -0.2) is 0 Å². The Bertz CT molecular complexity index is 151. The van der Waals surface area contributed by atoms with Crippen molar-refractivity contribution in [1.82, 2.24) is 0 Å². The summed E-state index contributed by atoms with van der Waals surface area (Å²) >= 11 is 0. The van der Waals surface area contributed by atoms with E-state index in [1.54, 1.807) is 11.1 Å². The largest absolute Gasteiger partial charge is 0.0710 e. The van der Waals surface area contributed by atoms with Crippen LogP contribution in [-0.4, -0.2) is 0 Å². The number of allylic oxidation sites excluding steroid dienone is 2. The van der Waals surface area contributed by atoms with Gasteiger partial charge in [-0.05, 0) is 38.0 Å². The van der Waals surface area contributed by atoms with E-state index in [9.17, 15) is 0 Å². The van der Waals surface area contributed by atoms with Gasteiger partial charge in [-0.2, -0.15) is 0 Å². The SMILES string of the molecule is CCC1=C(C(C)C)CCCC1. The molecular formula is C11H20. The van der Waals surface area contributed by atoms with E-state index < -0.39 is 0 Å². The van der Waals surface area contributed by atoms with Crippen LogP contribution in [0.2, 0.25) is 0 Å². The second-order valence-electron chi connectivity index (χ2n) is 3.84. The fraction of sp³-hybridized carbons (Fsp3) is 0.818. The molecule has 0 atom stereocenters. The highest BCUT2D eigenvalue weighted by Gasteiger charge is 2.13. The van der Waals surface area contributed by atoms with Crippen LogP contribution in [0.25, 0.3) is 0 Å². The standard InChI is InChI=1S/C11H20/c1-4-10-7-5-6-8-11(10)9(2)3/h9H,4-8H2,1-3H3. The number of rotatable bonds is 2. The van der Waals surface area contributed by atoms with Crippen LogP contribution in [0.5, 0.6) is 0 Å². The van der Waals surface area contributed by atoms with Crippen molar-refractivity contribution in [2.75, 3.05) is 0 Å². The lowest BCUT2D eigenvalue weighted by molar-refractivity contribution is 0.586.